The van der Waals surface area contributed by atoms with Gasteiger partial charge < -0.3 is 79.6 Å². The van der Waals surface area contributed by atoms with Crippen molar-refractivity contribution in [2.24, 2.45) is 0 Å². The van der Waals surface area contributed by atoms with E-state index in [9.17, 15) is 0 Å². The minimum atomic E-state index is -1.49. The van der Waals surface area contributed by atoms with Crippen LogP contribution in [0.1, 0.15) is 0 Å². The molecule has 2 rings (SSSR count). The van der Waals surface area contributed by atoms with E-state index in [1.54, 1.807) is 0 Å². The van der Waals surface area contributed by atoms with E-state index in [0.29, 0.717) is 0 Å². The van der Waals surface area contributed by atoms with Gasteiger partial charge in [0.1, 0.15) is 0 Å². The van der Waals surface area contributed by atoms with E-state index >= 15 is 0 Å². The summed E-state index contributed by atoms with van der Waals surface area (Å²) >= 11 is 0. The Bertz CT molecular complexity index is 335. The van der Waals surface area contributed by atoms with E-state index in [-0.39, 0.29) is 28.0 Å². The summed E-state index contributed by atoms with van der Waals surface area (Å²) in [6, 6.07) is 19.1. The van der Waals surface area contributed by atoms with Gasteiger partial charge in [-0.2, -0.15) is 0 Å². The van der Waals surface area contributed by atoms with Gasteiger partial charge in [0.15, 0.2) is 0 Å². The van der Waals surface area contributed by atoms with Gasteiger partial charge >= 0.3 is 0 Å². The molecule has 2 aromatic rings. The summed E-state index contributed by atoms with van der Waals surface area (Å²) < 4.78 is 0. The van der Waals surface area contributed by atoms with E-state index in [0.717, 1.165) is 0 Å². The fourth-order valence-electron chi connectivity index (χ4n) is 0.715. The van der Waals surface area contributed by atoms with Gasteiger partial charge in [-0.15, -0.1) is 0 Å². The van der Waals surface area contributed by atoms with Crippen molar-refractivity contribution in [2.45, 2.75) is 0 Å². The summed E-state index contributed by atoms with van der Waals surface area (Å²) in [7, 11) is -2.98. The quantitative estimate of drug-likeness (QED) is 0.337. The van der Waals surface area contributed by atoms with Gasteiger partial charge in [0, 0.05) is 17.1 Å². The fraction of sp³-hybridized carbons (Fsp3) is 0. The summed E-state index contributed by atoms with van der Waals surface area (Å²) in [5, 5.41) is 33.5. The van der Waals surface area contributed by atoms with Crippen LogP contribution in [0.2, 0.25) is 0 Å². The van der Waals surface area contributed by atoms with Gasteiger partial charge in [0.2, 0.25) is 14.2 Å². The van der Waals surface area contributed by atoms with Crippen molar-refractivity contribution in [3.8, 4) is 0 Å². The third kappa shape index (κ3) is 5.89. The summed E-state index contributed by atoms with van der Waals surface area (Å²) in [4.78, 5) is 0. The maximum atomic E-state index is 8.37. The van der Waals surface area contributed by atoms with Crippen LogP contribution in [0.4, 0.5) is 0 Å². The smallest absolute Gasteiger partial charge is 0.227 e. The molecule has 0 bridgehead atoms. The van der Waals surface area contributed by atoms with Crippen LogP contribution in [0.15, 0.2) is 0 Å². The summed E-state index contributed by atoms with van der Waals surface area (Å²) in [6.45, 7) is 0. The molecule has 0 atom stereocenters. The topological polar surface area (TPSA) is 80.9 Å². The normalized spacial score (nSPS) is 8.71. The van der Waals surface area contributed by atoms with E-state index in [4.69, 9.17) is 20.1 Å². The Morgan fingerprint density at radius 2 is 0.824 bits per heavy atom. The third-order valence-corrected chi connectivity index (χ3v) is 1.43. The Morgan fingerprint density at radius 1 is 0.588 bits per heavy atom. The summed E-state index contributed by atoms with van der Waals surface area (Å²) in [5.41, 5.74) is 0.370. The first-order chi connectivity index (χ1) is 7.61. The van der Waals surface area contributed by atoms with E-state index in [2.05, 4.69) is 48.5 Å². The second-order valence-electron chi connectivity index (χ2n) is 2.57. The molecular formula is C10H4B2FeO4-10. The monoisotopic (exact) mass is 266 g/mol. The third-order valence-electron chi connectivity index (χ3n) is 1.43. The minimum Gasteiger partial charge on any atom is -0.999 e. The molecule has 4 N–H and O–H groups in total. The Kier molecular flexibility index (Phi) is 7.91. The van der Waals surface area contributed by atoms with Crippen molar-refractivity contribution >= 4 is 25.2 Å². The minimum absolute atomic E-state index is 0. The summed E-state index contributed by atoms with van der Waals surface area (Å²) in [6.07, 6.45) is 0. The van der Waals surface area contributed by atoms with Crippen LogP contribution in [-0.2, 0) is 17.1 Å². The van der Waals surface area contributed by atoms with Crippen LogP contribution >= 0.6 is 0 Å². The van der Waals surface area contributed by atoms with Gasteiger partial charge in [0.05, 0.1) is 0 Å². The second kappa shape index (κ2) is 8.31. The Labute approximate surface area is 111 Å². The molecule has 0 radical (unpaired) electrons. The van der Waals surface area contributed by atoms with E-state index in [1.807, 2.05) is 0 Å². The number of rotatable bonds is 2. The number of hydrogen-bond donors (Lipinski definition) is 4. The standard InChI is InChI=1S/2C5H2BO2.Fe/c2*7-6(8)5-3-1-2-4-5;/h2*7-8H;/q2*-5;. The molecular weight excluding hydrogens is 262 g/mol. The predicted molar refractivity (Wildman–Crippen MR) is 54.4 cm³/mol. The van der Waals surface area contributed by atoms with Crippen molar-refractivity contribution in [2.75, 3.05) is 0 Å². The Morgan fingerprint density at radius 3 is 0.941 bits per heavy atom. The molecule has 0 heterocycles. The molecule has 0 unspecified atom stereocenters. The van der Waals surface area contributed by atoms with Gasteiger partial charge in [-0.05, 0) is 0 Å². The van der Waals surface area contributed by atoms with Crippen LogP contribution in [0.25, 0.3) is 0 Å². The van der Waals surface area contributed by atoms with Gasteiger partial charge in [-0.1, -0.05) is 0 Å². The largest absolute Gasteiger partial charge is 0.999 e. The molecule has 0 amide bonds. The van der Waals surface area contributed by atoms with Crippen molar-refractivity contribution < 1.29 is 37.2 Å². The van der Waals surface area contributed by atoms with Crippen LogP contribution in [0.3, 0.4) is 0 Å². The summed E-state index contributed by atoms with van der Waals surface area (Å²) in [5.74, 6) is 0. The van der Waals surface area contributed by atoms with Crippen molar-refractivity contribution in [1.29, 1.82) is 0 Å². The molecule has 2 aromatic carbocycles. The Balaban J connectivity index is 0.000000284. The number of hydrogen-bond acceptors (Lipinski definition) is 4. The van der Waals surface area contributed by atoms with Gasteiger partial charge in [-0.25, -0.2) is 0 Å². The molecule has 0 fully saturated rings. The molecule has 0 saturated carbocycles. The van der Waals surface area contributed by atoms with Crippen LogP contribution < -0.4 is 10.9 Å². The molecule has 92 valence electrons. The molecule has 0 saturated heterocycles. The first-order valence-corrected chi connectivity index (χ1v) is 4.11. The predicted octanol–water partition coefficient (Wildman–Crippen LogP) is -3.43. The first kappa shape index (κ1) is 16.2. The fourth-order valence-corrected chi connectivity index (χ4v) is 0.715. The van der Waals surface area contributed by atoms with Crippen LogP contribution in [0, 0.1) is 48.5 Å². The first-order valence-electron chi connectivity index (χ1n) is 4.11. The molecule has 7 heteroatoms. The van der Waals surface area contributed by atoms with Crippen molar-refractivity contribution in [1.82, 2.24) is 0 Å². The molecule has 17 heavy (non-hydrogen) atoms. The molecule has 0 aliphatic rings. The Hall–Kier alpha value is -0.811. The zero-order chi connectivity index (χ0) is 12.0. The van der Waals surface area contributed by atoms with Crippen LogP contribution in [-0.4, -0.2) is 34.3 Å². The van der Waals surface area contributed by atoms with Crippen molar-refractivity contribution in [3.05, 3.63) is 48.5 Å². The maximum Gasteiger partial charge on any atom is 0.227 e. The molecule has 0 aromatic heterocycles. The molecule has 0 spiro atoms. The molecule has 4 nitrogen and oxygen atoms in total. The van der Waals surface area contributed by atoms with E-state index in [1.165, 1.54) is 0 Å². The van der Waals surface area contributed by atoms with Crippen LogP contribution in [0.5, 0.6) is 0 Å². The zero-order valence-corrected chi connectivity index (χ0v) is 9.40. The average Bonchev–Trinajstić information content (AvgIpc) is 2.93. The molecule has 0 aliphatic heterocycles. The van der Waals surface area contributed by atoms with Crippen molar-refractivity contribution in [3.63, 3.8) is 0 Å². The van der Waals surface area contributed by atoms with E-state index < -0.39 is 14.2 Å². The van der Waals surface area contributed by atoms with Gasteiger partial charge in [0.25, 0.3) is 0 Å². The maximum absolute atomic E-state index is 8.37. The SMILES string of the molecule is OB(O)[c-]1[c-][c-][c-][c-]1.OB(O)[c-]1[c-][c-][c-][c-]1.[Fe]. The molecule has 0 aliphatic carbocycles. The zero-order valence-electron chi connectivity index (χ0n) is 8.30. The second-order valence-corrected chi connectivity index (χ2v) is 2.57. The van der Waals surface area contributed by atoms with Gasteiger partial charge in [-0.3, -0.25) is 0 Å². The average molecular weight is 266 g/mol.